The fraction of sp³-hybridized carbons (Fsp3) is 0.333. The predicted molar refractivity (Wildman–Crippen MR) is 99.9 cm³/mol. The highest BCUT2D eigenvalue weighted by Gasteiger charge is 2.35. The van der Waals surface area contributed by atoms with Gasteiger partial charge in [0.2, 0.25) is 5.91 Å². The lowest BCUT2D eigenvalue weighted by Crippen LogP contribution is -2.57. The van der Waals surface area contributed by atoms with Crippen LogP contribution in [0.15, 0.2) is 48.5 Å². The zero-order valence-corrected chi connectivity index (χ0v) is 15.0. The Morgan fingerprint density at radius 2 is 1.84 bits per heavy atom. The molecule has 4 heteroatoms. The minimum Gasteiger partial charge on any atom is -0.325 e. The van der Waals surface area contributed by atoms with Gasteiger partial charge >= 0.3 is 0 Å². The van der Waals surface area contributed by atoms with E-state index in [2.05, 4.69) is 19.1 Å². The molecule has 1 fully saturated rings. The lowest BCUT2D eigenvalue weighted by atomic mass is 10.1. The third kappa shape index (κ3) is 3.43. The maximum atomic E-state index is 12.8. The van der Waals surface area contributed by atoms with E-state index >= 15 is 0 Å². The molecule has 0 aliphatic carbocycles. The van der Waals surface area contributed by atoms with Crippen LogP contribution >= 0.6 is 0 Å². The highest BCUT2D eigenvalue weighted by atomic mass is 16.2. The molecule has 1 atom stereocenters. The first-order valence-electron chi connectivity index (χ1n) is 8.79. The molecule has 0 radical (unpaired) electrons. The smallest absolute Gasteiger partial charge is 0.254 e. The van der Waals surface area contributed by atoms with Crippen molar-refractivity contribution in [2.24, 2.45) is 0 Å². The number of amides is 2. The number of piperazine rings is 1. The van der Waals surface area contributed by atoms with E-state index in [0.29, 0.717) is 18.7 Å². The number of carbonyl (C=O) groups is 2. The average molecular weight is 336 g/mol. The molecule has 25 heavy (non-hydrogen) atoms. The van der Waals surface area contributed by atoms with Gasteiger partial charge in [-0.2, -0.15) is 0 Å². The lowest BCUT2D eigenvalue weighted by molar-refractivity contribution is -0.124. The Balaban J connectivity index is 1.77. The van der Waals surface area contributed by atoms with E-state index < -0.39 is 6.04 Å². The highest BCUT2D eigenvalue weighted by Crippen LogP contribution is 2.22. The molecular formula is C21H24N2O2. The van der Waals surface area contributed by atoms with Crippen molar-refractivity contribution in [2.75, 3.05) is 18.0 Å². The summed E-state index contributed by atoms with van der Waals surface area (Å²) in [5, 5.41) is 0. The van der Waals surface area contributed by atoms with Crippen LogP contribution < -0.4 is 4.90 Å². The van der Waals surface area contributed by atoms with Crippen molar-refractivity contribution < 1.29 is 9.59 Å². The van der Waals surface area contributed by atoms with Gasteiger partial charge in [-0.1, -0.05) is 36.8 Å². The average Bonchev–Trinajstić information content (AvgIpc) is 2.63. The Bertz CT molecular complexity index is 783. The molecule has 1 saturated heterocycles. The molecule has 0 saturated carbocycles. The van der Waals surface area contributed by atoms with Gasteiger partial charge in [0.15, 0.2) is 0 Å². The summed E-state index contributed by atoms with van der Waals surface area (Å²) < 4.78 is 0. The number of benzene rings is 2. The summed E-state index contributed by atoms with van der Waals surface area (Å²) in [5.74, 6) is -0.109. The monoisotopic (exact) mass is 336 g/mol. The summed E-state index contributed by atoms with van der Waals surface area (Å²) in [6, 6.07) is 15.1. The molecule has 1 aliphatic rings. The Hall–Kier alpha value is -2.62. The fourth-order valence-corrected chi connectivity index (χ4v) is 3.26. The first-order valence-corrected chi connectivity index (χ1v) is 8.79. The Morgan fingerprint density at radius 1 is 1.12 bits per heavy atom. The molecule has 0 bridgehead atoms. The zero-order valence-electron chi connectivity index (χ0n) is 15.0. The summed E-state index contributed by atoms with van der Waals surface area (Å²) in [6.45, 7) is 6.94. The van der Waals surface area contributed by atoms with Crippen molar-refractivity contribution in [2.45, 2.75) is 33.2 Å². The molecular weight excluding hydrogens is 312 g/mol. The molecule has 2 aromatic rings. The molecule has 2 amide bonds. The molecule has 1 heterocycles. The minimum atomic E-state index is -0.465. The van der Waals surface area contributed by atoms with E-state index in [0.717, 1.165) is 17.7 Å². The van der Waals surface area contributed by atoms with Gasteiger partial charge in [0.25, 0.3) is 5.91 Å². The number of hydrogen-bond acceptors (Lipinski definition) is 2. The Morgan fingerprint density at radius 3 is 2.48 bits per heavy atom. The molecule has 0 N–H and O–H groups in total. The van der Waals surface area contributed by atoms with Crippen LogP contribution in [0.4, 0.5) is 5.69 Å². The van der Waals surface area contributed by atoms with Crippen molar-refractivity contribution in [1.82, 2.24) is 4.90 Å². The van der Waals surface area contributed by atoms with Crippen LogP contribution in [-0.4, -0.2) is 35.8 Å². The second-order valence-electron chi connectivity index (χ2n) is 6.55. The van der Waals surface area contributed by atoms with Crippen LogP contribution in [-0.2, 0) is 11.2 Å². The minimum absolute atomic E-state index is 0.0310. The van der Waals surface area contributed by atoms with Crippen molar-refractivity contribution in [3.63, 3.8) is 0 Å². The third-order valence-corrected chi connectivity index (χ3v) is 4.84. The van der Waals surface area contributed by atoms with Gasteiger partial charge in [-0.3, -0.25) is 9.59 Å². The maximum Gasteiger partial charge on any atom is 0.254 e. The molecule has 0 aromatic heterocycles. The molecule has 3 rings (SSSR count). The van der Waals surface area contributed by atoms with Crippen LogP contribution in [0, 0.1) is 6.92 Å². The van der Waals surface area contributed by atoms with Crippen LogP contribution in [0.1, 0.15) is 35.3 Å². The van der Waals surface area contributed by atoms with Crippen molar-refractivity contribution in [3.05, 3.63) is 65.2 Å². The van der Waals surface area contributed by atoms with Gasteiger partial charge in [-0.15, -0.1) is 0 Å². The number of carbonyl (C=O) groups excluding carboxylic acids is 2. The van der Waals surface area contributed by atoms with E-state index in [1.807, 2.05) is 50.2 Å². The maximum absolute atomic E-state index is 12.8. The second kappa shape index (κ2) is 7.09. The highest BCUT2D eigenvalue weighted by molar-refractivity contribution is 6.03. The molecule has 2 aromatic carbocycles. The summed E-state index contributed by atoms with van der Waals surface area (Å²) in [7, 11) is 0. The van der Waals surface area contributed by atoms with Crippen LogP contribution in [0.3, 0.4) is 0 Å². The van der Waals surface area contributed by atoms with Crippen molar-refractivity contribution >= 4 is 17.5 Å². The van der Waals surface area contributed by atoms with Gasteiger partial charge in [0, 0.05) is 24.3 Å². The quantitative estimate of drug-likeness (QED) is 0.861. The van der Waals surface area contributed by atoms with Crippen molar-refractivity contribution in [3.8, 4) is 0 Å². The van der Waals surface area contributed by atoms with Gasteiger partial charge in [0.05, 0.1) is 0 Å². The van der Waals surface area contributed by atoms with E-state index in [4.69, 9.17) is 0 Å². The second-order valence-corrected chi connectivity index (χ2v) is 6.55. The predicted octanol–water partition coefficient (Wildman–Crippen LogP) is 3.43. The fourth-order valence-electron chi connectivity index (χ4n) is 3.26. The number of aryl methyl sites for hydroxylation is 2. The van der Waals surface area contributed by atoms with Crippen LogP contribution in [0.2, 0.25) is 0 Å². The van der Waals surface area contributed by atoms with Crippen LogP contribution in [0.5, 0.6) is 0 Å². The first kappa shape index (κ1) is 17.2. The van der Waals surface area contributed by atoms with Gasteiger partial charge in [-0.25, -0.2) is 0 Å². The van der Waals surface area contributed by atoms with Gasteiger partial charge in [0.1, 0.15) is 6.04 Å². The van der Waals surface area contributed by atoms with Crippen molar-refractivity contribution in [1.29, 1.82) is 0 Å². The molecule has 0 spiro atoms. The zero-order chi connectivity index (χ0) is 18.0. The van der Waals surface area contributed by atoms with E-state index in [1.165, 1.54) is 5.56 Å². The number of rotatable bonds is 3. The van der Waals surface area contributed by atoms with E-state index in [-0.39, 0.29) is 11.8 Å². The molecule has 0 unspecified atom stereocenters. The topological polar surface area (TPSA) is 40.6 Å². The number of anilines is 1. The molecule has 1 aliphatic heterocycles. The van der Waals surface area contributed by atoms with Gasteiger partial charge < -0.3 is 9.80 Å². The Labute approximate surface area is 149 Å². The lowest BCUT2D eigenvalue weighted by Gasteiger charge is -2.39. The summed E-state index contributed by atoms with van der Waals surface area (Å²) in [6.07, 6.45) is 0.976. The largest absolute Gasteiger partial charge is 0.325 e. The van der Waals surface area contributed by atoms with Gasteiger partial charge in [-0.05, 0) is 50.1 Å². The first-order chi connectivity index (χ1) is 12.0. The number of nitrogens with zero attached hydrogens (tertiary/aromatic N) is 2. The molecule has 130 valence electrons. The number of hydrogen-bond donors (Lipinski definition) is 0. The molecule has 4 nitrogen and oxygen atoms in total. The SMILES string of the molecule is CCc1ccc(N2CCN(C(=O)c3cccc(C)c3)[C@H](C)C2=O)cc1. The van der Waals surface area contributed by atoms with E-state index in [1.54, 1.807) is 9.80 Å². The Kier molecular flexibility index (Phi) is 4.88. The normalized spacial score (nSPS) is 17.7. The summed E-state index contributed by atoms with van der Waals surface area (Å²) in [5.41, 5.74) is 3.83. The van der Waals surface area contributed by atoms with E-state index in [9.17, 15) is 9.59 Å². The van der Waals surface area contributed by atoms with Crippen LogP contribution in [0.25, 0.3) is 0 Å². The summed E-state index contributed by atoms with van der Waals surface area (Å²) >= 11 is 0. The summed E-state index contributed by atoms with van der Waals surface area (Å²) in [4.78, 5) is 29.1. The third-order valence-electron chi connectivity index (χ3n) is 4.84. The standard InChI is InChI=1S/C21H24N2O2/c1-4-17-8-10-19(11-9-17)23-13-12-22(16(3)20(23)24)21(25)18-7-5-6-15(2)14-18/h5-11,14,16H,4,12-13H2,1-3H3/t16-/m1/s1.